The lowest BCUT2D eigenvalue weighted by Gasteiger charge is -2.19. The highest BCUT2D eigenvalue weighted by atomic mass is 16.3. The molecule has 0 saturated heterocycles. The summed E-state index contributed by atoms with van der Waals surface area (Å²) < 4.78 is 0. The highest BCUT2D eigenvalue weighted by Gasteiger charge is 2.45. The summed E-state index contributed by atoms with van der Waals surface area (Å²) in [6, 6.07) is 17.7. The number of carbonyl (C=O) groups is 1. The molecule has 1 amide bonds. The van der Waals surface area contributed by atoms with Gasteiger partial charge in [-0.1, -0.05) is 54.6 Å². The summed E-state index contributed by atoms with van der Waals surface area (Å²) in [7, 11) is 0. The Labute approximate surface area is 137 Å². The van der Waals surface area contributed by atoms with E-state index in [4.69, 9.17) is 0 Å². The van der Waals surface area contributed by atoms with Gasteiger partial charge in [-0.3, -0.25) is 4.79 Å². The van der Waals surface area contributed by atoms with Crippen LogP contribution in [-0.4, -0.2) is 17.6 Å². The third kappa shape index (κ3) is 3.62. The SMILES string of the molecule is Cc1ccccc1C1(CNC(=O)CC(O)c2ccccc2)CC1. The van der Waals surface area contributed by atoms with Crippen molar-refractivity contribution in [3.63, 3.8) is 0 Å². The second-order valence-electron chi connectivity index (χ2n) is 6.50. The van der Waals surface area contributed by atoms with Gasteiger partial charge in [0.15, 0.2) is 0 Å². The first-order valence-corrected chi connectivity index (χ1v) is 8.17. The fourth-order valence-electron chi connectivity index (χ4n) is 3.17. The Bertz CT molecular complexity index is 677. The molecule has 120 valence electrons. The highest BCUT2D eigenvalue weighted by molar-refractivity contribution is 5.76. The Balaban J connectivity index is 1.56. The first-order chi connectivity index (χ1) is 11.1. The molecule has 3 rings (SSSR count). The number of hydrogen-bond acceptors (Lipinski definition) is 2. The number of amides is 1. The molecule has 3 nitrogen and oxygen atoms in total. The molecule has 1 fully saturated rings. The van der Waals surface area contributed by atoms with Gasteiger partial charge in [0.1, 0.15) is 0 Å². The summed E-state index contributed by atoms with van der Waals surface area (Å²) in [5.74, 6) is -0.0961. The fourth-order valence-corrected chi connectivity index (χ4v) is 3.17. The van der Waals surface area contributed by atoms with Crippen molar-refractivity contribution < 1.29 is 9.90 Å². The van der Waals surface area contributed by atoms with Crippen molar-refractivity contribution in [2.75, 3.05) is 6.54 Å². The van der Waals surface area contributed by atoms with Crippen molar-refractivity contribution in [1.82, 2.24) is 5.32 Å². The highest BCUT2D eigenvalue weighted by Crippen LogP contribution is 2.48. The average Bonchev–Trinajstić information content (AvgIpc) is 3.35. The molecule has 1 aliphatic carbocycles. The molecular formula is C20H23NO2. The van der Waals surface area contributed by atoms with E-state index < -0.39 is 6.10 Å². The van der Waals surface area contributed by atoms with Crippen molar-refractivity contribution in [3.8, 4) is 0 Å². The van der Waals surface area contributed by atoms with E-state index in [2.05, 4.69) is 30.4 Å². The van der Waals surface area contributed by atoms with Crippen molar-refractivity contribution in [2.24, 2.45) is 0 Å². The zero-order valence-electron chi connectivity index (χ0n) is 13.5. The molecule has 0 radical (unpaired) electrons. The van der Waals surface area contributed by atoms with E-state index in [1.807, 2.05) is 36.4 Å². The minimum atomic E-state index is -0.746. The van der Waals surface area contributed by atoms with E-state index in [0.29, 0.717) is 6.54 Å². The molecule has 1 atom stereocenters. The van der Waals surface area contributed by atoms with Crippen molar-refractivity contribution in [1.29, 1.82) is 0 Å². The number of aliphatic hydroxyl groups is 1. The maximum absolute atomic E-state index is 12.1. The molecule has 1 aliphatic rings. The molecule has 0 aromatic heterocycles. The summed E-state index contributed by atoms with van der Waals surface area (Å²) in [5, 5.41) is 13.1. The van der Waals surface area contributed by atoms with E-state index in [1.54, 1.807) is 0 Å². The number of hydrogen-bond donors (Lipinski definition) is 2. The van der Waals surface area contributed by atoms with Crippen LogP contribution in [0.3, 0.4) is 0 Å². The van der Waals surface area contributed by atoms with Crippen LogP contribution in [0.4, 0.5) is 0 Å². The first-order valence-electron chi connectivity index (χ1n) is 8.17. The van der Waals surface area contributed by atoms with Crippen LogP contribution < -0.4 is 5.32 Å². The number of aliphatic hydroxyl groups excluding tert-OH is 1. The van der Waals surface area contributed by atoms with E-state index in [0.717, 1.165) is 18.4 Å². The smallest absolute Gasteiger partial charge is 0.222 e. The van der Waals surface area contributed by atoms with E-state index in [1.165, 1.54) is 11.1 Å². The molecular weight excluding hydrogens is 286 g/mol. The number of benzene rings is 2. The number of aryl methyl sites for hydroxylation is 1. The lowest BCUT2D eigenvalue weighted by Crippen LogP contribution is -2.33. The normalized spacial score (nSPS) is 16.6. The third-order valence-electron chi connectivity index (χ3n) is 4.76. The van der Waals surface area contributed by atoms with Crippen molar-refractivity contribution in [3.05, 3.63) is 71.3 Å². The van der Waals surface area contributed by atoms with Crippen molar-refractivity contribution in [2.45, 2.75) is 37.7 Å². The molecule has 1 unspecified atom stereocenters. The van der Waals surface area contributed by atoms with Crippen molar-refractivity contribution >= 4 is 5.91 Å². The van der Waals surface area contributed by atoms with Crippen LogP contribution in [-0.2, 0) is 10.2 Å². The van der Waals surface area contributed by atoms with Gasteiger partial charge < -0.3 is 10.4 Å². The Hall–Kier alpha value is -2.13. The summed E-state index contributed by atoms with van der Waals surface area (Å²) in [6.07, 6.45) is 1.58. The van der Waals surface area contributed by atoms with Crippen LogP contribution in [0.25, 0.3) is 0 Å². The van der Waals surface area contributed by atoms with Crippen LogP contribution in [0, 0.1) is 6.92 Å². The Morgan fingerprint density at radius 3 is 2.43 bits per heavy atom. The van der Waals surface area contributed by atoms with E-state index >= 15 is 0 Å². The summed E-state index contributed by atoms with van der Waals surface area (Å²) in [5.41, 5.74) is 3.49. The topological polar surface area (TPSA) is 49.3 Å². The largest absolute Gasteiger partial charge is 0.388 e. The van der Waals surface area contributed by atoms with E-state index in [9.17, 15) is 9.90 Å². The summed E-state index contributed by atoms with van der Waals surface area (Å²) in [6.45, 7) is 2.77. The zero-order valence-corrected chi connectivity index (χ0v) is 13.5. The maximum atomic E-state index is 12.1. The minimum Gasteiger partial charge on any atom is -0.388 e. The quantitative estimate of drug-likeness (QED) is 0.860. The minimum absolute atomic E-state index is 0.0959. The monoisotopic (exact) mass is 309 g/mol. The van der Waals surface area contributed by atoms with Gasteiger partial charge in [0.05, 0.1) is 12.5 Å². The van der Waals surface area contributed by atoms with Gasteiger partial charge in [-0.25, -0.2) is 0 Å². The second-order valence-corrected chi connectivity index (χ2v) is 6.50. The van der Waals surface area contributed by atoms with Gasteiger partial charge >= 0.3 is 0 Å². The Morgan fingerprint density at radius 1 is 1.13 bits per heavy atom. The molecule has 2 aromatic rings. The van der Waals surface area contributed by atoms with Gasteiger partial charge in [0, 0.05) is 12.0 Å². The van der Waals surface area contributed by atoms with Gasteiger partial charge in [-0.15, -0.1) is 0 Å². The molecule has 3 heteroatoms. The van der Waals surface area contributed by atoms with Crippen LogP contribution in [0.5, 0.6) is 0 Å². The zero-order chi connectivity index (χ0) is 16.3. The lowest BCUT2D eigenvalue weighted by atomic mass is 9.92. The fraction of sp³-hybridized carbons (Fsp3) is 0.350. The standard InChI is InChI=1S/C20H23NO2/c1-15-7-5-6-10-17(15)20(11-12-20)14-21-19(23)13-18(22)16-8-3-2-4-9-16/h2-10,18,22H,11-14H2,1H3,(H,21,23). The Morgan fingerprint density at radius 2 is 1.78 bits per heavy atom. The molecule has 2 N–H and O–H groups in total. The average molecular weight is 309 g/mol. The first kappa shape index (κ1) is 15.8. The summed E-state index contributed by atoms with van der Waals surface area (Å²) >= 11 is 0. The molecule has 0 bridgehead atoms. The molecule has 0 heterocycles. The lowest BCUT2D eigenvalue weighted by molar-refractivity contribution is -0.123. The van der Waals surface area contributed by atoms with Crippen LogP contribution >= 0.6 is 0 Å². The van der Waals surface area contributed by atoms with Gasteiger partial charge in [0.2, 0.25) is 5.91 Å². The Kier molecular flexibility index (Phi) is 4.49. The summed E-state index contributed by atoms with van der Waals surface area (Å²) in [4.78, 5) is 12.1. The van der Waals surface area contributed by atoms with E-state index in [-0.39, 0.29) is 17.7 Å². The van der Waals surface area contributed by atoms with Crippen LogP contribution in [0.1, 0.15) is 42.1 Å². The van der Waals surface area contributed by atoms with Gasteiger partial charge in [-0.2, -0.15) is 0 Å². The molecule has 0 spiro atoms. The van der Waals surface area contributed by atoms with Crippen LogP contribution in [0.15, 0.2) is 54.6 Å². The maximum Gasteiger partial charge on any atom is 0.222 e. The predicted octanol–water partition coefficient (Wildman–Crippen LogP) is 3.27. The molecule has 2 aromatic carbocycles. The third-order valence-corrected chi connectivity index (χ3v) is 4.76. The number of rotatable bonds is 6. The molecule has 1 saturated carbocycles. The second kappa shape index (κ2) is 6.55. The number of carbonyl (C=O) groups excluding carboxylic acids is 1. The number of nitrogens with one attached hydrogen (secondary N) is 1. The van der Waals surface area contributed by atoms with Gasteiger partial charge in [-0.05, 0) is 36.5 Å². The van der Waals surface area contributed by atoms with Crippen LogP contribution in [0.2, 0.25) is 0 Å². The molecule has 0 aliphatic heterocycles. The molecule has 23 heavy (non-hydrogen) atoms. The van der Waals surface area contributed by atoms with Gasteiger partial charge in [0.25, 0.3) is 0 Å². The predicted molar refractivity (Wildman–Crippen MR) is 91.1 cm³/mol.